The fourth-order valence-corrected chi connectivity index (χ4v) is 9.56. The minimum Gasteiger partial charge on any atom is -0.490 e. The van der Waals surface area contributed by atoms with Crippen molar-refractivity contribution in [2.75, 3.05) is 25.2 Å². The summed E-state index contributed by atoms with van der Waals surface area (Å²) in [5.74, 6) is -0.0677. The molecule has 6 rings (SSSR count). The van der Waals surface area contributed by atoms with E-state index in [1.54, 1.807) is 13.4 Å². The van der Waals surface area contributed by atoms with E-state index in [1.807, 2.05) is 0 Å². The maximum absolute atomic E-state index is 12.6. The second kappa shape index (κ2) is 14.1. The average molecular weight is 780 g/mol. The van der Waals surface area contributed by atoms with Gasteiger partial charge in [-0.2, -0.15) is 23.8 Å². The van der Waals surface area contributed by atoms with Gasteiger partial charge in [-0.3, -0.25) is 23.4 Å². The largest absolute Gasteiger partial charge is 0.490 e. The van der Waals surface area contributed by atoms with Gasteiger partial charge in [-0.25, -0.2) is 23.0 Å². The molecule has 4 aromatic heterocycles. The van der Waals surface area contributed by atoms with E-state index in [-0.39, 0.29) is 52.9 Å². The molecule has 51 heavy (non-hydrogen) atoms. The number of hydrogen-bond acceptors (Lipinski definition) is 17. The molecule has 2 fully saturated rings. The summed E-state index contributed by atoms with van der Waals surface area (Å²) in [6, 6.07) is 0. The lowest BCUT2D eigenvalue weighted by Gasteiger charge is -2.18. The fraction of sp³-hybridized carbons (Fsp3) is 0.500. The average Bonchev–Trinajstić information content (AvgIpc) is 3.80. The SMILES string of the molecule is CO[C@H]1C[C@@H](COP(=O)(O)OP(=O)(O)OP(=O)(O)/C=C/C[C@@H]2CC[C@H](n3cnc4c(=O)[nH]c(N)nc43)O2)O[C@H]1n1c[n+](C)c2c(O)nc(N)nc21. The maximum atomic E-state index is 12.6. The Balaban J connectivity index is 1.01. The Morgan fingerprint density at radius 2 is 1.82 bits per heavy atom. The molecule has 2 aliphatic rings. The normalized spacial score (nSPS) is 26.2. The van der Waals surface area contributed by atoms with Crippen LogP contribution in [0.2, 0.25) is 0 Å². The molecule has 6 heterocycles. The number of nitrogen functional groups attached to an aromatic ring is 2. The van der Waals surface area contributed by atoms with Crippen LogP contribution in [0.1, 0.15) is 38.1 Å². The van der Waals surface area contributed by atoms with Crippen LogP contribution in [0, 0.1) is 0 Å². The molecule has 27 heteroatoms. The predicted molar refractivity (Wildman–Crippen MR) is 171 cm³/mol. The Morgan fingerprint density at radius 1 is 1.06 bits per heavy atom. The van der Waals surface area contributed by atoms with E-state index in [9.17, 15) is 38.3 Å². The Labute approximate surface area is 286 Å². The number of aryl methyl sites for hydroxylation is 1. The minimum atomic E-state index is -5.66. The van der Waals surface area contributed by atoms with E-state index in [1.165, 1.54) is 33.2 Å². The highest BCUT2D eigenvalue weighted by atomic mass is 31.3. The van der Waals surface area contributed by atoms with Crippen molar-refractivity contribution in [3.63, 3.8) is 0 Å². The third kappa shape index (κ3) is 8.22. The molecule has 24 nitrogen and oxygen atoms in total. The van der Waals surface area contributed by atoms with Crippen molar-refractivity contribution in [2.24, 2.45) is 7.05 Å². The van der Waals surface area contributed by atoms with Gasteiger partial charge < -0.3 is 45.5 Å². The Bertz CT molecular complexity index is 2190. The van der Waals surface area contributed by atoms with Crippen molar-refractivity contribution < 1.29 is 65.4 Å². The van der Waals surface area contributed by atoms with Crippen molar-refractivity contribution in [2.45, 2.75) is 56.5 Å². The van der Waals surface area contributed by atoms with Gasteiger partial charge >= 0.3 is 23.2 Å². The summed E-state index contributed by atoms with van der Waals surface area (Å²) in [5.41, 5.74) is 11.6. The van der Waals surface area contributed by atoms with E-state index in [0.29, 0.717) is 18.7 Å². The van der Waals surface area contributed by atoms with E-state index < -0.39 is 66.2 Å². The van der Waals surface area contributed by atoms with Crippen LogP contribution in [0.3, 0.4) is 0 Å². The number of hydrogen-bond donors (Lipinski definition) is 7. The lowest BCUT2D eigenvalue weighted by Crippen LogP contribution is -2.27. The monoisotopic (exact) mass is 779 g/mol. The van der Waals surface area contributed by atoms with Crippen LogP contribution < -0.4 is 21.6 Å². The number of nitrogens with two attached hydrogens (primary N) is 2. The number of anilines is 2. The molecular formula is C24H34N10O14P3+. The van der Waals surface area contributed by atoms with Gasteiger partial charge in [0.15, 0.2) is 11.2 Å². The molecular weight excluding hydrogens is 745 g/mol. The number of rotatable bonds is 13. The zero-order chi connectivity index (χ0) is 36.9. The minimum absolute atomic E-state index is 0.0643. The number of phosphoric ester groups is 1. The number of aromatic hydroxyl groups is 1. The molecule has 0 saturated carbocycles. The first kappa shape index (κ1) is 37.1. The van der Waals surface area contributed by atoms with Gasteiger partial charge in [-0.15, -0.1) is 0 Å². The molecule has 8 atom stereocenters. The lowest BCUT2D eigenvalue weighted by atomic mass is 10.2. The number of nitrogens with zero attached hydrogens (tertiary/aromatic N) is 7. The van der Waals surface area contributed by atoms with E-state index >= 15 is 0 Å². The maximum Gasteiger partial charge on any atom is 0.488 e. The highest BCUT2D eigenvalue weighted by Crippen LogP contribution is 2.68. The highest BCUT2D eigenvalue weighted by molar-refractivity contribution is 7.69. The van der Waals surface area contributed by atoms with Gasteiger partial charge in [-0.1, -0.05) is 6.08 Å². The number of methoxy groups -OCH3 is 1. The van der Waals surface area contributed by atoms with Crippen molar-refractivity contribution in [3.05, 3.63) is 34.9 Å². The molecule has 9 N–H and O–H groups in total. The van der Waals surface area contributed by atoms with Gasteiger partial charge in [0.2, 0.25) is 24.5 Å². The Morgan fingerprint density at radius 3 is 2.57 bits per heavy atom. The Kier molecular flexibility index (Phi) is 10.2. The van der Waals surface area contributed by atoms with Crippen LogP contribution in [0.5, 0.6) is 5.88 Å². The first-order valence-corrected chi connectivity index (χ1v) is 19.6. The molecule has 3 unspecified atom stereocenters. The van der Waals surface area contributed by atoms with Crippen molar-refractivity contribution in [3.8, 4) is 5.88 Å². The van der Waals surface area contributed by atoms with Crippen LogP contribution in [0.4, 0.5) is 11.9 Å². The molecule has 2 saturated heterocycles. The molecule has 0 aliphatic carbocycles. The number of ether oxygens (including phenoxy) is 3. The summed E-state index contributed by atoms with van der Waals surface area (Å²) in [7, 11) is -13.0. The van der Waals surface area contributed by atoms with E-state index in [2.05, 4.69) is 33.5 Å². The summed E-state index contributed by atoms with van der Waals surface area (Å²) >= 11 is 0. The Hall–Kier alpha value is -3.63. The highest BCUT2D eigenvalue weighted by Gasteiger charge is 2.45. The van der Waals surface area contributed by atoms with E-state index in [4.69, 9.17) is 30.2 Å². The number of fused-ring (bicyclic) bond motifs is 2. The zero-order valence-electron chi connectivity index (χ0n) is 26.7. The molecule has 0 spiro atoms. The summed E-state index contributed by atoms with van der Waals surface area (Å²) in [6.45, 7) is -0.647. The van der Waals surface area contributed by atoms with Crippen LogP contribution >= 0.6 is 23.2 Å². The van der Waals surface area contributed by atoms with Gasteiger partial charge in [0, 0.05) is 19.3 Å². The molecule has 278 valence electrons. The fourth-order valence-electron chi connectivity index (χ4n) is 5.79. The summed E-state index contributed by atoms with van der Waals surface area (Å²) < 4.78 is 72.9. The molecule has 0 amide bonds. The molecule has 0 radical (unpaired) electrons. The smallest absolute Gasteiger partial charge is 0.488 e. The number of nitrogens with one attached hydrogen (secondary N) is 1. The zero-order valence-corrected chi connectivity index (χ0v) is 29.4. The van der Waals surface area contributed by atoms with Gasteiger partial charge in [-0.05, 0) is 19.3 Å². The number of imidazole rings is 2. The van der Waals surface area contributed by atoms with Gasteiger partial charge in [0.05, 0.1) is 32.2 Å². The third-order valence-corrected chi connectivity index (χ3v) is 12.3. The second-order valence-electron chi connectivity index (χ2n) is 11.5. The standard InChI is InChI=1S/C24H33N10O14P3/c1-32-11-34(19-17(32)21(36)31-24(26)29-19)22-14(43-2)8-13(46-22)9-44-50(39,40)48-51(41,42)47-49(37,38)7-3-4-12-5-6-15(45-12)33-10-27-16-18(33)28-23(25)30-20(16)35/h3,7,10-15,22H,4-6,8-9H2,1-2H3,(H8-,25,26,28,29,30,31,35,36,37,38,39,40,41,42)/p+1/b7-3+/t12-,13+,14+,15-,22-/m1/s1. The van der Waals surface area contributed by atoms with Crippen molar-refractivity contribution in [1.29, 1.82) is 0 Å². The number of aromatic nitrogens is 8. The molecule has 2 aliphatic heterocycles. The van der Waals surface area contributed by atoms with Crippen LogP contribution in [-0.2, 0) is 48.1 Å². The van der Waals surface area contributed by atoms with Gasteiger partial charge in [0.1, 0.15) is 12.3 Å². The topological polar surface area (TPSA) is 338 Å². The first-order valence-electron chi connectivity index (χ1n) is 15.0. The number of aromatic amines is 1. The quantitative estimate of drug-likeness (QED) is 0.0720. The summed E-state index contributed by atoms with van der Waals surface area (Å²) in [5, 5.41) is 10.2. The summed E-state index contributed by atoms with van der Waals surface area (Å²) in [4.78, 5) is 60.7. The van der Waals surface area contributed by atoms with Crippen molar-refractivity contribution in [1.82, 2.24) is 34.1 Å². The van der Waals surface area contributed by atoms with Crippen LogP contribution in [0.25, 0.3) is 22.3 Å². The number of H-pyrrole nitrogens is 1. The summed E-state index contributed by atoms with van der Waals surface area (Å²) in [6.07, 6.45) is 1.73. The van der Waals surface area contributed by atoms with E-state index in [0.717, 1.165) is 0 Å². The number of phosphoric acid groups is 2. The third-order valence-electron chi connectivity index (χ3n) is 7.87. The second-order valence-corrected chi connectivity index (χ2v) is 16.4. The first-order chi connectivity index (χ1) is 23.9. The lowest BCUT2D eigenvalue weighted by molar-refractivity contribution is -0.646. The molecule has 0 bridgehead atoms. The van der Waals surface area contributed by atoms with Crippen LogP contribution in [0.15, 0.2) is 29.3 Å². The molecule has 4 aromatic rings. The van der Waals surface area contributed by atoms with Crippen LogP contribution in [-0.4, -0.2) is 85.9 Å². The molecule has 0 aromatic carbocycles. The van der Waals surface area contributed by atoms with Gasteiger partial charge in [0.25, 0.3) is 22.6 Å². The van der Waals surface area contributed by atoms with Crippen molar-refractivity contribution >= 4 is 57.5 Å². The predicted octanol–water partition coefficient (Wildman–Crippen LogP) is 0.579.